The van der Waals surface area contributed by atoms with Crippen LogP contribution in [0.1, 0.15) is 12.8 Å². The van der Waals surface area contributed by atoms with Crippen molar-refractivity contribution < 1.29 is 9.47 Å². The zero-order valence-electron chi connectivity index (χ0n) is 14.5. The monoisotopic (exact) mass is 339 g/mol. The van der Waals surface area contributed by atoms with Crippen LogP contribution in [0.2, 0.25) is 0 Å². The predicted molar refractivity (Wildman–Crippen MR) is 98.6 cm³/mol. The van der Waals surface area contributed by atoms with E-state index >= 15 is 0 Å². The zero-order valence-corrected chi connectivity index (χ0v) is 14.5. The summed E-state index contributed by atoms with van der Waals surface area (Å²) < 4.78 is 11.5. The quantitative estimate of drug-likeness (QED) is 0.691. The first-order valence-corrected chi connectivity index (χ1v) is 8.82. The molecule has 1 fully saturated rings. The number of hydrogen-bond donors (Lipinski definition) is 0. The van der Waals surface area contributed by atoms with Crippen molar-refractivity contribution in [2.75, 3.05) is 32.8 Å². The average molecular weight is 339 g/mol. The van der Waals surface area contributed by atoms with Crippen molar-refractivity contribution in [3.63, 3.8) is 0 Å². The van der Waals surface area contributed by atoms with Gasteiger partial charge in [0.1, 0.15) is 6.10 Å². The Labute approximate surface area is 149 Å². The van der Waals surface area contributed by atoms with Crippen molar-refractivity contribution in [2.24, 2.45) is 0 Å². The van der Waals surface area contributed by atoms with Gasteiger partial charge in [-0.2, -0.15) is 0 Å². The van der Waals surface area contributed by atoms with Crippen molar-refractivity contribution in [3.05, 3.63) is 55.1 Å². The lowest BCUT2D eigenvalue weighted by Gasteiger charge is -2.30. The van der Waals surface area contributed by atoms with Crippen molar-refractivity contribution in [2.45, 2.75) is 18.9 Å². The van der Waals surface area contributed by atoms with E-state index in [1.807, 2.05) is 48.5 Å². The van der Waals surface area contributed by atoms with Crippen LogP contribution in [0.25, 0.3) is 11.3 Å². The molecule has 0 amide bonds. The van der Waals surface area contributed by atoms with Crippen molar-refractivity contribution in [1.29, 1.82) is 0 Å². The Hall–Kier alpha value is -2.24. The average Bonchev–Trinajstić information content (AvgIpc) is 2.68. The minimum atomic E-state index is 0.0768. The largest absolute Gasteiger partial charge is 0.472 e. The summed E-state index contributed by atoms with van der Waals surface area (Å²) in [5.41, 5.74) is 1.90. The number of morpholine rings is 1. The van der Waals surface area contributed by atoms with Crippen LogP contribution in [0, 0.1) is 0 Å². The van der Waals surface area contributed by atoms with Gasteiger partial charge in [0.25, 0.3) is 0 Å². The molecule has 25 heavy (non-hydrogen) atoms. The number of rotatable bonds is 8. The first-order chi connectivity index (χ1) is 12.3. The van der Waals surface area contributed by atoms with Gasteiger partial charge in [0.2, 0.25) is 5.88 Å². The highest BCUT2D eigenvalue weighted by atomic mass is 16.5. The highest BCUT2D eigenvalue weighted by molar-refractivity contribution is 5.58. The second-order valence-corrected chi connectivity index (χ2v) is 6.14. The Kier molecular flexibility index (Phi) is 6.54. The third-order valence-electron chi connectivity index (χ3n) is 4.26. The lowest BCUT2D eigenvalue weighted by molar-refractivity contribution is 0.0173. The fourth-order valence-corrected chi connectivity index (χ4v) is 2.88. The molecule has 5 heteroatoms. The summed E-state index contributed by atoms with van der Waals surface area (Å²) >= 11 is 0. The summed E-state index contributed by atoms with van der Waals surface area (Å²) in [5, 5.41) is 8.56. The van der Waals surface area contributed by atoms with E-state index in [-0.39, 0.29) is 6.10 Å². The zero-order chi connectivity index (χ0) is 17.3. The van der Waals surface area contributed by atoms with E-state index in [0.29, 0.717) is 5.88 Å². The molecule has 2 heterocycles. The Morgan fingerprint density at radius 1 is 1.12 bits per heavy atom. The molecule has 132 valence electrons. The molecule has 1 aliphatic heterocycles. The fourth-order valence-electron chi connectivity index (χ4n) is 2.88. The van der Waals surface area contributed by atoms with Gasteiger partial charge in [-0.25, -0.2) is 0 Å². The first-order valence-electron chi connectivity index (χ1n) is 8.82. The normalized spacial score (nSPS) is 16.3. The van der Waals surface area contributed by atoms with Gasteiger partial charge in [-0.05, 0) is 18.9 Å². The molecule has 1 unspecified atom stereocenters. The minimum absolute atomic E-state index is 0.0768. The topological polar surface area (TPSA) is 47.5 Å². The van der Waals surface area contributed by atoms with Gasteiger partial charge in [-0.3, -0.25) is 4.90 Å². The Morgan fingerprint density at radius 2 is 1.92 bits per heavy atom. The second kappa shape index (κ2) is 9.30. The number of ether oxygens (including phenoxy) is 2. The summed E-state index contributed by atoms with van der Waals surface area (Å²) in [6, 6.07) is 13.9. The molecular formula is C20H25N3O2. The molecular weight excluding hydrogens is 314 g/mol. The summed E-state index contributed by atoms with van der Waals surface area (Å²) in [7, 11) is 0. The van der Waals surface area contributed by atoms with Crippen LogP contribution in [0.15, 0.2) is 55.1 Å². The SMILES string of the molecule is C=CCCC(CN1CCOCC1)Oc1ccc(-c2ccccc2)nn1. The maximum Gasteiger partial charge on any atom is 0.233 e. The molecule has 0 saturated carbocycles. The molecule has 0 aliphatic carbocycles. The maximum absolute atomic E-state index is 6.11. The molecule has 3 rings (SSSR count). The van der Waals surface area contributed by atoms with E-state index < -0.39 is 0 Å². The maximum atomic E-state index is 6.11. The van der Waals surface area contributed by atoms with E-state index in [2.05, 4.69) is 21.7 Å². The molecule has 1 atom stereocenters. The van der Waals surface area contributed by atoms with Crippen molar-refractivity contribution >= 4 is 0 Å². The number of allylic oxidation sites excluding steroid dienone is 1. The van der Waals surface area contributed by atoms with Gasteiger partial charge in [0.15, 0.2) is 0 Å². The van der Waals surface area contributed by atoms with E-state index in [0.717, 1.165) is 56.9 Å². The van der Waals surface area contributed by atoms with Crippen LogP contribution < -0.4 is 4.74 Å². The van der Waals surface area contributed by atoms with E-state index in [1.54, 1.807) is 0 Å². The van der Waals surface area contributed by atoms with Crippen LogP contribution in [0.3, 0.4) is 0 Å². The van der Waals surface area contributed by atoms with E-state index in [1.165, 1.54) is 0 Å². The molecule has 5 nitrogen and oxygen atoms in total. The molecule has 1 aromatic carbocycles. The van der Waals surface area contributed by atoms with Crippen molar-refractivity contribution in [1.82, 2.24) is 15.1 Å². The molecule has 0 bridgehead atoms. The lowest BCUT2D eigenvalue weighted by atomic mass is 10.1. The third-order valence-corrected chi connectivity index (χ3v) is 4.26. The van der Waals surface area contributed by atoms with Crippen LogP contribution in [-0.4, -0.2) is 54.0 Å². The van der Waals surface area contributed by atoms with Crippen LogP contribution in [0.5, 0.6) is 5.88 Å². The van der Waals surface area contributed by atoms with Crippen molar-refractivity contribution in [3.8, 4) is 17.1 Å². The first kappa shape index (κ1) is 17.6. The fraction of sp³-hybridized carbons (Fsp3) is 0.400. The van der Waals surface area contributed by atoms with Gasteiger partial charge in [-0.1, -0.05) is 36.4 Å². The molecule has 0 N–H and O–H groups in total. The number of nitrogens with zero attached hydrogens (tertiary/aromatic N) is 3. The van der Waals surface area contributed by atoms with Gasteiger partial charge >= 0.3 is 0 Å². The number of aromatic nitrogens is 2. The highest BCUT2D eigenvalue weighted by Gasteiger charge is 2.18. The Bertz CT molecular complexity index is 640. The molecule has 2 aromatic rings. The molecule has 1 saturated heterocycles. The summed E-state index contributed by atoms with van der Waals surface area (Å²) in [4.78, 5) is 2.38. The van der Waals surface area contributed by atoms with Gasteiger partial charge < -0.3 is 9.47 Å². The summed E-state index contributed by atoms with van der Waals surface area (Å²) in [5.74, 6) is 0.571. The van der Waals surface area contributed by atoms with Gasteiger partial charge in [0.05, 0.1) is 18.9 Å². The molecule has 0 radical (unpaired) electrons. The molecule has 1 aromatic heterocycles. The smallest absolute Gasteiger partial charge is 0.233 e. The highest BCUT2D eigenvalue weighted by Crippen LogP contribution is 2.18. The molecule has 0 spiro atoms. The standard InChI is InChI=1S/C20H25N3O2/c1-2-3-9-18(16-23-12-14-24-15-13-23)25-20-11-10-19(21-22-20)17-7-5-4-6-8-17/h2,4-8,10-11,18H,1,3,9,12-16H2. The van der Waals surface area contributed by atoms with Crippen LogP contribution in [0.4, 0.5) is 0 Å². The Morgan fingerprint density at radius 3 is 2.60 bits per heavy atom. The lowest BCUT2D eigenvalue weighted by Crippen LogP contribution is -2.42. The second-order valence-electron chi connectivity index (χ2n) is 6.14. The van der Waals surface area contributed by atoms with Gasteiger partial charge in [-0.15, -0.1) is 16.8 Å². The van der Waals surface area contributed by atoms with Gasteiger partial charge in [0, 0.05) is 31.3 Å². The number of hydrogen-bond acceptors (Lipinski definition) is 5. The van der Waals surface area contributed by atoms with Crippen LogP contribution in [-0.2, 0) is 4.74 Å². The molecule has 1 aliphatic rings. The minimum Gasteiger partial charge on any atom is -0.472 e. The summed E-state index contributed by atoms with van der Waals surface area (Å²) in [6.07, 6.45) is 3.85. The Balaban J connectivity index is 1.62. The van der Waals surface area contributed by atoms with E-state index in [9.17, 15) is 0 Å². The predicted octanol–water partition coefficient (Wildman–Crippen LogP) is 3.19. The number of benzene rings is 1. The van der Waals surface area contributed by atoms with E-state index in [4.69, 9.17) is 9.47 Å². The summed E-state index contributed by atoms with van der Waals surface area (Å²) in [6.45, 7) is 8.17. The third kappa shape index (κ3) is 5.37. The van der Waals surface area contributed by atoms with Crippen LogP contribution >= 0.6 is 0 Å².